The van der Waals surface area contributed by atoms with Gasteiger partial charge in [0.25, 0.3) is 0 Å². The van der Waals surface area contributed by atoms with Crippen LogP contribution < -0.4 is 0 Å². The first-order chi connectivity index (χ1) is 7.15. The van der Waals surface area contributed by atoms with Crippen LogP contribution in [0.15, 0.2) is 0 Å². The van der Waals surface area contributed by atoms with Gasteiger partial charge in [0.1, 0.15) is 0 Å². The first-order valence-corrected chi connectivity index (χ1v) is 5.65. The van der Waals surface area contributed by atoms with Crippen LogP contribution in [0.4, 0.5) is 0 Å². The van der Waals surface area contributed by atoms with Crippen LogP contribution in [-0.4, -0.2) is 34.5 Å². The summed E-state index contributed by atoms with van der Waals surface area (Å²) in [6.07, 6.45) is 0.837. The van der Waals surface area contributed by atoms with Crippen LogP contribution in [0.5, 0.6) is 0 Å². The van der Waals surface area contributed by atoms with Gasteiger partial charge >= 0.3 is 5.97 Å². The molecule has 0 aliphatic heterocycles. The summed E-state index contributed by atoms with van der Waals surface area (Å²) in [5, 5.41) is 8.87. The minimum absolute atomic E-state index is 0.109. The van der Waals surface area contributed by atoms with E-state index in [0.717, 1.165) is 6.42 Å². The number of hydrogen-bond donors (Lipinski definition) is 1. The Morgan fingerprint density at radius 3 is 2.00 bits per heavy atom. The highest BCUT2D eigenvalue weighted by Crippen LogP contribution is 2.22. The van der Waals surface area contributed by atoms with Crippen molar-refractivity contribution in [2.75, 3.05) is 7.05 Å². The van der Waals surface area contributed by atoms with E-state index in [2.05, 4.69) is 0 Å². The standard InChI is InChI=1S/C12H23NO3/c1-7-12(4,5)13(6)10(14)8(2)9(3)11(15)16/h8-9H,7H2,1-6H3,(H,15,16). The Morgan fingerprint density at radius 2 is 1.69 bits per heavy atom. The molecule has 2 atom stereocenters. The molecular formula is C12H23NO3. The van der Waals surface area contributed by atoms with Crippen molar-refractivity contribution in [3.8, 4) is 0 Å². The molecule has 16 heavy (non-hydrogen) atoms. The summed E-state index contributed by atoms with van der Waals surface area (Å²) < 4.78 is 0. The number of rotatable bonds is 5. The van der Waals surface area contributed by atoms with E-state index in [9.17, 15) is 9.59 Å². The smallest absolute Gasteiger partial charge is 0.307 e. The van der Waals surface area contributed by atoms with Crippen LogP contribution in [0, 0.1) is 11.8 Å². The molecule has 0 aromatic carbocycles. The summed E-state index contributed by atoms with van der Waals surface area (Å²) in [4.78, 5) is 24.5. The molecule has 0 saturated heterocycles. The number of amides is 1. The highest BCUT2D eigenvalue weighted by Gasteiger charge is 2.33. The molecule has 0 bridgehead atoms. The van der Waals surface area contributed by atoms with Gasteiger partial charge in [-0.15, -0.1) is 0 Å². The monoisotopic (exact) mass is 229 g/mol. The van der Waals surface area contributed by atoms with Crippen molar-refractivity contribution in [3.63, 3.8) is 0 Å². The lowest BCUT2D eigenvalue weighted by Gasteiger charge is -2.37. The molecule has 0 saturated carbocycles. The van der Waals surface area contributed by atoms with E-state index in [1.165, 1.54) is 0 Å². The van der Waals surface area contributed by atoms with Gasteiger partial charge in [0, 0.05) is 18.5 Å². The molecule has 0 aromatic rings. The second kappa shape index (κ2) is 5.32. The van der Waals surface area contributed by atoms with Gasteiger partial charge in [0.2, 0.25) is 5.91 Å². The average molecular weight is 229 g/mol. The van der Waals surface area contributed by atoms with Crippen LogP contribution in [0.2, 0.25) is 0 Å². The molecule has 4 nitrogen and oxygen atoms in total. The van der Waals surface area contributed by atoms with E-state index < -0.39 is 17.8 Å². The molecule has 1 N–H and O–H groups in total. The van der Waals surface area contributed by atoms with Crippen molar-refractivity contribution in [3.05, 3.63) is 0 Å². The van der Waals surface area contributed by atoms with Gasteiger partial charge in [0.15, 0.2) is 0 Å². The normalized spacial score (nSPS) is 15.4. The number of hydrogen-bond acceptors (Lipinski definition) is 2. The van der Waals surface area contributed by atoms with Gasteiger partial charge in [-0.2, -0.15) is 0 Å². The summed E-state index contributed by atoms with van der Waals surface area (Å²) in [6.45, 7) is 9.20. The fourth-order valence-electron chi connectivity index (χ4n) is 1.27. The minimum atomic E-state index is -0.927. The quantitative estimate of drug-likeness (QED) is 0.784. The molecule has 0 aliphatic rings. The van der Waals surface area contributed by atoms with Gasteiger partial charge < -0.3 is 10.0 Å². The zero-order valence-corrected chi connectivity index (χ0v) is 11.1. The zero-order valence-electron chi connectivity index (χ0n) is 11.1. The predicted molar refractivity (Wildman–Crippen MR) is 63.1 cm³/mol. The fraction of sp³-hybridized carbons (Fsp3) is 0.833. The third-order valence-corrected chi connectivity index (χ3v) is 3.63. The highest BCUT2D eigenvalue weighted by atomic mass is 16.4. The molecule has 1 amide bonds. The number of nitrogens with zero attached hydrogens (tertiary/aromatic N) is 1. The molecule has 0 fully saturated rings. The Morgan fingerprint density at radius 1 is 1.25 bits per heavy atom. The van der Waals surface area contributed by atoms with Crippen molar-refractivity contribution in [1.29, 1.82) is 0 Å². The molecular weight excluding hydrogens is 206 g/mol. The van der Waals surface area contributed by atoms with Gasteiger partial charge in [-0.3, -0.25) is 9.59 Å². The SMILES string of the molecule is CCC(C)(C)N(C)C(=O)C(C)C(C)C(=O)O. The van der Waals surface area contributed by atoms with Gasteiger partial charge in [0.05, 0.1) is 5.92 Å². The third-order valence-electron chi connectivity index (χ3n) is 3.63. The maximum Gasteiger partial charge on any atom is 0.307 e. The molecule has 0 rings (SSSR count). The van der Waals surface area contributed by atoms with E-state index in [1.807, 2.05) is 20.8 Å². The van der Waals surface area contributed by atoms with Crippen LogP contribution >= 0.6 is 0 Å². The summed E-state index contributed by atoms with van der Waals surface area (Å²) in [6, 6.07) is 0. The first-order valence-electron chi connectivity index (χ1n) is 5.65. The molecule has 2 unspecified atom stereocenters. The largest absolute Gasteiger partial charge is 0.481 e. The number of carboxylic acids is 1. The summed E-state index contributed by atoms with van der Waals surface area (Å²) in [5.74, 6) is -2.18. The van der Waals surface area contributed by atoms with Crippen LogP contribution in [0.1, 0.15) is 41.0 Å². The molecule has 4 heteroatoms. The van der Waals surface area contributed by atoms with E-state index in [1.54, 1.807) is 25.8 Å². The molecule has 0 aliphatic carbocycles. The van der Waals surface area contributed by atoms with Crippen LogP contribution in [0.3, 0.4) is 0 Å². The molecule has 0 heterocycles. The lowest BCUT2D eigenvalue weighted by molar-refractivity contribution is -0.150. The van der Waals surface area contributed by atoms with Crippen LogP contribution in [0.25, 0.3) is 0 Å². The lowest BCUT2D eigenvalue weighted by Crippen LogP contribution is -2.48. The second-order valence-corrected chi connectivity index (χ2v) is 4.98. The lowest BCUT2D eigenvalue weighted by atomic mass is 9.91. The van der Waals surface area contributed by atoms with E-state index in [4.69, 9.17) is 5.11 Å². The van der Waals surface area contributed by atoms with Gasteiger partial charge in [-0.25, -0.2) is 0 Å². The Kier molecular flexibility index (Phi) is 4.97. The van der Waals surface area contributed by atoms with E-state index >= 15 is 0 Å². The first kappa shape index (κ1) is 14.9. The molecule has 0 spiro atoms. The number of carboxylic acid groups (broad SMARTS) is 1. The Labute approximate surface area is 97.6 Å². The van der Waals surface area contributed by atoms with E-state index in [0.29, 0.717) is 0 Å². The van der Waals surface area contributed by atoms with Crippen LogP contribution in [-0.2, 0) is 9.59 Å². The third kappa shape index (κ3) is 3.22. The van der Waals surface area contributed by atoms with Crippen molar-refractivity contribution in [2.24, 2.45) is 11.8 Å². The maximum absolute atomic E-state index is 12.1. The highest BCUT2D eigenvalue weighted by molar-refractivity contribution is 5.84. The topological polar surface area (TPSA) is 57.6 Å². The maximum atomic E-state index is 12.1. The fourth-order valence-corrected chi connectivity index (χ4v) is 1.27. The van der Waals surface area contributed by atoms with Crippen molar-refractivity contribution in [2.45, 2.75) is 46.6 Å². The van der Waals surface area contributed by atoms with Crippen molar-refractivity contribution < 1.29 is 14.7 Å². The summed E-state index contributed by atoms with van der Waals surface area (Å²) >= 11 is 0. The summed E-state index contributed by atoms with van der Waals surface area (Å²) in [5.41, 5.74) is -0.233. The molecule has 94 valence electrons. The summed E-state index contributed by atoms with van der Waals surface area (Å²) in [7, 11) is 1.73. The number of carbonyl (C=O) groups is 2. The van der Waals surface area contributed by atoms with Crippen molar-refractivity contribution >= 4 is 11.9 Å². The predicted octanol–water partition coefficient (Wildman–Crippen LogP) is 1.99. The van der Waals surface area contributed by atoms with Gasteiger partial charge in [-0.1, -0.05) is 20.8 Å². The van der Waals surface area contributed by atoms with Gasteiger partial charge in [-0.05, 0) is 20.3 Å². The second-order valence-electron chi connectivity index (χ2n) is 4.98. The number of aliphatic carboxylic acids is 1. The Balaban J connectivity index is 4.74. The zero-order chi connectivity index (χ0) is 13.1. The minimum Gasteiger partial charge on any atom is -0.481 e. The van der Waals surface area contributed by atoms with Crippen molar-refractivity contribution in [1.82, 2.24) is 4.90 Å². The van der Waals surface area contributed by atoms with E-state index in [-0.39, 0.29) is 11.4 Å². The number of carbonyl (C=O) groups excluding carboxylic acids is 1. The average Bonchev–Trinajstić information content (AvgIpc) is 2.24. The Hall–Kier alpha value is -1.06. The molecule has 0 radical (unpaired) electrons. The Bertz CT molecular complexity index is 273. The molecule has 0 aromatic heterocycles.